The van der Waals surface area contributed by atoms with E-state index in [9.17, 15) is 4.79 Å². The quantitative estimate of drug-likeness (QED) is 0.632. The Morgan fingerprint density at radius 2 is 2.00 bits per heavy atom. The molecule has 3 heteroatoms. The Morgan fingerprint density at radius 3 is 2.47 bits per heavy atom. The summed E-state index contributed by atoms with van der Waals surface area (Å²) in [5, 5.41) is 0. The van der Waals surface area contributed by atoms with E-state index in [1.807, 2.05) is 6.92 Å². The lowest BCUT2D eigenvalue weighted by molar-refractivity contribution is -0.139. The fourth-order valence-corrected chi connectivity index (χ4v) is 1.33. The summed E-state index contributed by atoms with van der Waals surface area (Å²) in [4.78, 5) is 16.7. The SMILES string of the molecule is CCCCC(CC)C(=O)NOCC(C)C. The van der Waals surface area contributed by atoms with Crippen LogP contribution in [0.3, 0.4) is 0 Å². The minimum absolute atomic E-state index is 0.0339. The molecule has 0 saturated heterocycles. The molecule has 0 saturated carbocycles. The van der Waals surface area contributed by atoms with Gasteiger partial charge < -0.3 is 0 Å². The highest BCUT2D eigenvalue weighted by molar-refractivity contribution is 5.77. The predicted octanol–water partition coefficient (Wildman–Crippen LogP) is 2.91. The number of unbranched alkanes of at least 4 members (excludes halogenated alkanes) is 1. The van der Waals surface area contributed by atoms with Gasteiger partial charge in [0, 0.05) is 5.92 Å². The molecular weight excluding hydrogens is 190 g/mol. The maximum atomic E-state index is 11.6. The molecule has 0 aliphatic rings. The third kappa shape index (κ3) is 7.37. The largest absolute Gasteiger partial charge is 0.273 e. The molecule has 0 bridgehead atoms. The van der Waals surface area contributed by atoms with E-state index in [1.165, 1.54) is 0 Å². The van der Waals surface area contributed by atoms with E-state index in [1.54, 1.807) is 0 Å². The second-order valence-electron chi connectivity index (χ2n) is 4.42. The molecule has 1 unspecified atom stereocenters. The topological polar surface area (TPSA) is 38.3 Å². The van der Waals surface area contributed by atoms with Crippen molar-refractivity contribution in [1.82, 2.24) is 5.48 Å². The minimum atomic E-state index is 0.0339. The first kappa shape index (κ1) is 14.4. The van der Waals surface area contributed by atoms with Crippen molar-refractivity contribution in [2.75, 3.05) is 6.61 Å². The smallest absolute Gasteiger partial charge is 0.246 e. The monoisotopic (exact) mass is 215 g/mol. The number of rotatable bonds is 8. The zero-order chi connectivity index (χ0) is 11.7. The van der Waals surface area contributed by atoms with E-state index < -0.39 is 0 Å². The summed E-state index contributed by atoms with van der Waals surface area (Å²) in [6.45, 7) is 8.87. The van der Waals surface area contributed by atoms with Crippen molar-refractivity contribution in [1.29, 1.82) is 0 Å². The lowest BCUT2D eigenvalue weighted by atomic mass is 9.99. The summed E-state index contributed by atoms with van der Waals surface area (Å²) in [5.41, 5.74) is 2.53. The van der Waals surface area contributed by atoms with Gasteiger partial charge in [-0.3, -0.25) is 9.63 Å². The number of amides is 1. The summed E-state index contributed by atoms with van der Waals surface area (Å²) in [5.74, 6) is 0.588. The van der Waals surface area contributed by atoms with Crippen LogP contribution in [0.1, 0.15) is 53.4 Å². The number of hydrogen-bond donors (Lipinski definition) is 1. The Balaban J connectivity index is 3.73. The second kappa shape index (κ2) is 8.72. The molecule has 0 fully saturated rings. The Morgan fingerprint density at radius 1 is 1.33 bits per heavy atom. The van der Waals surface area contributed by atoms with Gasteiger partial charge in [-0.05, 0) is 18.8 Å². The molecule has 0 aliphatic heterocycles. The zero-order valence-electron chi connectivity index (χ0n) is 10.5. The maximum Gasteiger partial charge on any atom is 0.246 e. The highest BCUT2D eigenvalue weighted by atomic mass is 16.6. The summed E-state index contributed by atoms with van der Waals surface area (Å²) >= 11 is 0. The molecule has 0 heterocycles. The lowest BCUT2D eigenvalue weighted by Gasteiger charge is -2.14. The van der Waals surface area contributed by atoms with Crippen molar-refractivity contribution in [2.24, 2.45) is 11.8 Å². The minimum Gasteiger partial charge on any atom is -0.273 e. The van der Waals surface area contributed by atoms with Gasteiger partial charge in [-0.2, -0.15) is 0 Å². The van der Waals surface area contributed by atoms with Crippen molar-refractivity contribution >= 4 is 5.91 Å². The maximum absolute atomic E-state index is 11.6. The summed E-state index contributed by atoms with van der Waals surface area (Å²) in [6.07, 6.45) is 4.09. The molecule has 0 aromatic rings. The summed E-state index contributed by atoms with van der Waals surface area (Å²) < 4.78 is 0. The van der Waals surface area contributed by atoms with Crippen LogP contribution in [0.5, 0.6) is 0 Å². The van der Waals surface area contributed by atoms with Crippen molar-refractivity contribution in [3.05, 3.63) is 0 Å². The number of hydroxylamine groups is 1. The van der Waals surface area contributed by atoms with Gasteiger partial charge in [-0.15, -0.1) is 0 Å². The second-order valence-corrected chi connectivity index (χ2v) is 4.42. The molecule has 15 heavy (non-hydrogen) atoms. The molecule has 0 aliphatic carbocycles. The van der Waals surface area contributed by atoms with Gasteiger partial charge >= 0.3 is 0 Å². The van der Waals surface area contributed by atoms with E-state index in [4.69, 9.17) is 4.84 Å². The van der Waals surface area contributed by atoms with E-state index in [0.717, 1.165) is 25.7 Å². The standard InChI is InChI=1S/C12H25NO2/c1-5-7-8-11(6-2)12(14)13-15-9-10(3)4/h10-11H,5-9H2,1-4H3,(H,13,14). The van der Waals surface area contributed by atoms with Gasteiger partial charge in [0.25, 0.3) is 0 Å². The van der Waals surface area contributed by atoms with Gasteiger partial charge in [-0.25, -0.2) is 5.48 Å². The van der Waals surface area contributed by atoms with Crippen LogP contribution >= 0.6 is 0 Å². The van der Waals surface area contributed by atoms with Crippen molar-refractivity contribution < 1.29 is 9.63 Å². The first-order valence-electron chi connectivity index (χ1n) is 6.03. The highest BCUT2D eigenvalue weighted by Crippen LogP contribution is 2.12. The summed E-state index contributed by atoms with van der Waals surface area (Å²) in [6, 6.07) is 0. The third-order valence-corrected chi connectivity index (χ3v) is 2.36. The van der Waals surface area contributed by atoms with Crippen molar-refractivity contribution in [3.8, 4) is 0 Å². The van der Waals surface area contributed by atoms with E-state index in [0.29, 0.717) is 12.5 Å². The van der Waals surface area contributed by atoms with Crippen molar-refractivity contribution in [3.63, 3.8) is 0 Å². The van der Waals surface area contributed by atoms with Crippen LogP contribution in [0.4, 0.5) is 0 Å². The van der Waals surface area contributed by atoms with Gasteiger partial charge in [0.1, 0.15) is 0 Å². The number of carbonyl (C=O) groups excluding carboxylic acids is 1. The van der Waals surface area contributed by atoms with Crippen LogP contribution < -0.4 is 5.48 Å². The highest BCUT2D eigenvalue weighted by Gasteiger charge is 2.15. The Bertz CT molecular complexity index is 169. The van der Waals surface area contributed by atoms with Crippen molar-refractivity contribution in [2.45, 2.75) is 53.4 Å². The van der Waals surface area contributed by atoms with Gasteiger partial charge in [0.15, 0.2) is 0 Å². The Labute approximate surface area is 93.5 Å². The number of hydrogen-bond acceptors (Lipinski definition) is 2. The Kier molecular flexibility index (Phi) is 8.38. The molecule has 1 amide bonds. The molecular formula is C12H25NO2. The fourth-order valence-electron chi connectivity index (χ4n) is 1.33. The lowest BCUT2D eigenvalue weighted by Crippen LogP contribution is -2.31. The molecule has 1 N–H and O–H groups in total. The van der Waals surface area contributed by atoms with E-state index >= 15 is 0 Å². The number of carbonyl (C=O) groups is 1. The molecule has 0 rings (SSSR count). The van der Waals surface area contributed by atoms with Gasteiger partial charge in [0.2, 0.25) is 5.91 Å². The Hall–Kier alpha value is -0.570. The third-order valence-electron chi connectivity index (χ3n) is 2.36. The average molecular weight is 215 g/mol. The number of nitrogens with one attached hydrogen (secondary N) is 1. The van der Waals surface area contributed by atoms with Gasteiger partial charge in [0.05, 0.1) is 6.61 Å². The van der Waals surface area contributed by atoms with Crippen LogP contribution in [-0.2, 0) is 9.63 Å². The summed E-state index contributed by atoms with van der Waals surface area (Å²) in [7, 11) is 0. The van der Waals surface area contributed by atoms with Gasteiger partial charge in [-0.1, -0.05) is 40.5 Å². The average Bonchev–Trinajstić information content (AvgIpc) is 2.18. The molecule has 0 aromatic heterocycles. The van der Waals surface area contributed by atoms with Crippen LogP contribution in [0.25, 0.3) is 0 Å². The van der Waals surface area contributed by atoms with E-state index in [2.05, 4.69) is 26.3 Å². The molecule has 0 aromatic carbocycles. The van der Waals surface area contributed by atoms with Crippen LogP contribution in [-0.4, -0.2) is 12.5 Å². The van der Waals surface area contributed by atoms with Crippen LogP contribution in [0.2, 0.25) is 0 Å². The molecule has 90 valence electrons. The van der Waals surface area contributed by atoms with Crippen LogP contribution in [0.15, 0.2) is 0 Å². The molecule has 1 atom stereocenters. The zero-order valence-corrected chi connectivity index (χ0v) is 10.5. The molecule has 0 radical (unpaired) electrons. The predicted molar refractivity (Wildman–Crippen MR) is 62.2 cm³/mol. The molecule has 0 spiro atoms. The fraction of sp³-hybridized carbons (Fsp3) is 0.917. The normalized spacial score (nSPS) is 12.9. The van der Waals surface area contributed by atoms with Crippen LogP contribution in [0, 0.1) is 11.8 Å². The molecule has 3 nitrogen and oxygen atoms in total. The first-order chi connectivity index (χ1) is 7.11. The first-order valence-corrected chi connectivity index (χ1v) is 6.03. The van der Waals surface area contributed by atoms with E-state index in [-0.39, 0.29) is 11.8 Å².